The molecule has 0 rings (SSSR count). The number of carbonyl (C=O) groups excluding carboxylic acids is 1. The van der Waals surface area contributed by atoms with Gasteiger partial charge in [0.05, 0.1) is 5.92 Å². The zero-order chi connectivity index (χ0) is 11.8. The predicted octanol–water partition coefficient (Wildman–Crippen LogP) is 2.22. The quantitative estimate of drug-likeness (QED) is 0.663. The molecule has 0 aliphatic rings. The van der Waals surface area contributed by atoms with E-state index in [0.29, 0.717) is 12.8 Å². The number of carboxylic acids is 1. The average Bonchev–Trinajstić information content (AvgIpc) is 2.22. The molecule has 0 radical (unpaired) electrons. The third-order valence-electron chi connectivity index (χ3n) is 2.37. The maximum absolute atomic E-state index is 11.4. The molecular formula is C11H20O4. The van der Waals surface area contributed by atoms with Crippen LogP contribution in [0.25, 0.3) is 0 Å². The molecule has 2 atom stereocenters. The average molecular weight is 216 g/mol. The Hall–Kier alpha value is -1.06. The number of esters is 1. The van der Waals surface area contributed by atoms with Crippen molar-refractivity contribution in [2.45, 2.75) is 52.6 Å². The fourth-order valence-electron chi connectivity index (χ4n) is 1.05. The highest BCUT2D eigenvalue weighted by atomic mass is 16.6. The molecule has 0 aromatic heterocycles. The normalized spacial score (nSPS) is 14.3. The second-order valence-electron chi connectivity index (χ2n) is 3.72. The van der Waals surface area contributed by atoms with Crippen molar-refractivity contribution in [3.05, 3.63) is 0 Å². The number of carboxylic acid groups (broad SMARTS) is 1. The first-order valence-electron chi connectivity index (χ1n) is 5.46. The topological polar surface area (TPSA) is 63.6 Å². The van der Waals surface area contributed by atoms with Crippen LogP contribution in [0.1, 0.15) is 46.5 Å². The van der Waals surface area contributed by atoms with Gasteiger partial charge >= 0.3 is 11.9 Å². The van der Waals surface area contributed by atoms with E-state index in [1.54, 1.807) is 6.92 Å². The summed E-state index contributed by atoms with van der Waals surface area (Å²) in [5.74, 6) is -1.70. The molecule has 0 aliphatic heterocycles. The lowest BCUT2D eigenvalue weighted by Gasteiger charge is -2.15. The standard InChI is InChI=1S/C11H20O4/c1-4-6-7-9(10(12)13)15-11(14)8(3)5-2/h8-9H,4-7H2,1-3H3,(H,12,13). The minimum Gasteiger partial charge on any atom is -0.479 e. The number of aliphatic carboxylic acids is 1. The van der Waals surface area contributed by atoms with E-state index in [9.17, 15) is 9.59 Å². The van der Waals surface area contributed by atoms with Crippen LogP contribution in [0.3, 0.4) is 0 Å². The van der Waals surface area contributed by atoms with Gasteiger partial charge in [0.25, 0.3) is 0 Å². The van der Waals surface area contributed by atoms with Crippen LogP contribution in [0.15, 0.2) is 0 Å². The lowest BCUT2D eigenvalue weighted by atomic mass is 10.1. The molecule has 2 unspecified atom stereocenters. The van der Waals surface area contributed by atoms with Crippen LogP contribution in [0.2, 0.25) is 0 Å². The Morgan fingerprint density at radius 3 is 2.33 bits per heavy atom. The third-order valence-corrected chi connectivity index (χ3v) is 2.37. The highest BCUT2D eigenvalue weighted by Gasteiger charge is 2.23. The number of ether oxygens (including phenoxy) is 1. The number of hydrogen-bond donors (Lipinski definition) is 1. The van der Waals surface area contributed by atoms with Crippen molar-refractivity contribution in [3.63, 3.8) is 0 Å². The number of hydrogen-bond acceptors (Lipinski definition) is 3. The molecule has 0 heterocycles. The van der Waals surface area contributed by atoms with Crippen molar-refractivity contribution in [2.24, 2.45) is 5.92 Å². The zero-order valence-corrected chi connectivity index (χ0v) is 9.66. The van der Waals surface area contributed by atoms with Gasteiger partial charge in [-0.1, -0.05) is 27.2 Å². The van der Waals surface area contributed by atoms with Crippen LogP contribution in [0.4, 0.5) is 0 Å². The lowest BCUT2D eigenvalue weighted by Crippen LogP contribution is -2.29. The van der Waals surface area contributed by atoms with Crippen molar-refractivity contribution in [3.8, 4) is 0 Å². The fraction of sp³-hybridized carbons (Fsp3) is 0.818. The summed E-state index contributed by atoms with van der Waals surface area (Å²) in [5, 5.41) is 8.83. The summed E-state index contributed by atoms with van der Waals surface area (Å²) in [4.78, 5) is 22.1. The molecule has 0 saturated carbocycles. The van der Waals surface area contributed by atoms with E-state index in [2.05, 4.69) is 0 Å². The molecule has 0 fully saturated rings. The second-order valence-corrected chi connectivity index (χ2v) is 3.72. The monoisotopic (exact) mass is 216 g/mol. The Kier molecular flexibility index (Phi) is 6.75. The van der Waals surface area contributed by atoms with E-state index in [0.717, 1.165) is 12.8 Å². The maximum atomic E-state index is 11.4. The van der Waals surface area contributed by atoms with Gasteiger partial charge in [-0.25, -0.2) is 4.79 Å². The van der Waals surface area contributed by atoms with Crippen LogP contribution in [-0.4, -0.2) is 23.1 Å². The van der Waals surface area contributed by atoms with Crippen molar-refractivity contribution in [1.29, 1.82) is 0 Å². The highest BCUT2D eigenvalue weighted by Crippen LogP contribution is 2.10. The lowest BCUT2D eigenvalue weighted by molar-refractivity contribution is -0.167. The summed E-state index contributed by atoms with van der Waals surface area (Å²) in [6.45, 7) is 5.57. The van der Waals surface area contributed by atoms with Gasteiger partial charge in [0.15, 0.2) is 6.10 Å². The van der Waals surface area contributed by atoms with Gasteiger partial charge in [-0.3, -0.25) is 4.79 Å². The van der Waals surface area contributed by atoms with Crippen LogP contribution in [0.5, 0.6) is 0 Å². The molecular weight excluding hydrogens is 196 g/mol. The van der Waals surface area contributed by atoms with Gasteiger partial charge < -0.3 is 9.84 Å². The first-order chi connectivity index (χ1) is 7.02. The van der Waals surface area contributed by atoms with Crippen LogP contribution < -0.4 is 0 Å². The largest absolute Gasteiger partial charge is 0.479 e. The van der Waals surface area contributed by atoms with E-state index in [1.807, 2.05) is 13.8 Å². The maximum Gasteiger partial charge on any atom is 0.345 e. The number of rotatable bonds is 7. The van der Waals surface area contributed by atoms with Crippen molar-refractivity contribution >= 4 is 11.9 Å². The summed E-state index contributed by atoms with van der Waals surface area (Å²) < 4.78 is 4.93. The second kappa shape index (κ2) is 7.26. The van der Waals surface area contributed by atoms with Crippen LogP contribution >= 0.6 is 0 Å². The molecule has 1 N–H and O–H groups in total. The smallest absolute Gasteiger partial charge is 0.345 e. The zero-order valence-electron chi connectivity index (χ0n) is 9.66. The van der Waals surface area contributed by atoms with E-state index in [-0.39, 0.29) is 5.92 Å². The van der Waals surface area contributed by atoms with Crippen molar-refractivity contribution in [1.82, 2.24) is 0 Å². The summed E-state index contributed by atoms with van der Waals surface area (Å²) in [7, 11) is 0. The Morgan fingerprint density at radius 1 is 1.33 bits per heavy atom. The molecule has 0 aromatic rings. The van der Waals surface area contributed by atoms with Gasteiger partial charge in [0, 0.05) is 0 Å². The van der Waals surface area contributed by atoms with Gasteiger partial charge in [0.1, 0.15) is 0 Å². The summed E-state index contributed by atoms with van der Waals surface area (Å²) in [6, 6.07) is 0. The van der Waals surface area contributed by atoms with E-state index in [4.69, 9.17) is 9.84 Å². The Labute approximate surface area is 90.6 Å². The summed E-state index contributed by atoms with van der Waals surface area (Å²) >= 11 is 0. The molecule has 4 heteroatoms. The molecule has 0 aromatic carbocycles. The van der Waals surface area contributed by atoms with Crippen LogP contribution in [-0.2, 0) is 14.3 Å². The molecule has 0 spiro atoms. The van der Waals surface area contributed by atoms with Crippen LogP contribution in [0, 0.1) is 5.92 Å². The molecule has 0 aliphatic carbocycles. The molecule has 4 nitrogen and oxygen atoms in total. The predicted molar refractivity (Wildman–Crippen MR) is 56.5 cm³/mol. The van der Waals surface area contributed by atoms with Gasteiger partial charge in [-0.15, -0.1) is 0 Å². The highest BCUT2D eigenvalue weighted by molar-refractivity contribution is 5.78. The minimum atomic E-state index is -1.06. The third kappa shape index (κ3) is 5.40. The fourth-order valence-corrected chi connectivity index (χ4v) is 1.05. The molecule has 0 amide bonds. The van der Waals surface area contributed by atoms with Crippen molar-refractivity contribution in [2.75, 3.05) is 0 Å². The molecule has 15 heavy (non-hydrogen) atoms. The van der Waals surface area contributed by atoms with E-state index >= 15 is 0 Å². The minimum absolute atomic E-state index is 0.228. The Balaban J connectivity index is 4.16. The number of unbranched alkanes of at least 4 members (excludes halogenated alkanes) is 1. The molecule has 0 bridgehead atoms. The van der Waals surface area contributed by atoms with E-state index in [1.165, 1.54) is 0 Å². The SMILES string of the molecule is CCCCC(OC(=O)C(C)CC)C(=O)O. The summed E-state index contributed by atoms with van der Waals surface area (Å²) in [5.41, 5.74) is 0. The Bertz CT molecular complexity index is 213. The molecule has 88 valence electrons. The summed E-state index contributed by atoms with van der Waals surface area (Å²) in [6.07, 6.45) is 1.73. The Morgan fingerprint density at radius 2 is 1.93 bits per heavy atom. The van der Waals surface area contributed by atoms with E-state index < -0.39 is 18.0 Å². The van der Waals surface area contributed by atoms with Gasteiger partial charge in [-0.2, -0.15) is 0 Å². The van der Waals surface area contributed by atoms with Crippen molar-refractivity contribution < 1.29 is 19.4 Å². The first kappa shape index (κ1) is 13.9. The molecule has 0 saturated heterocycles. The van der Waals surface area contributed by atoms with Gasteiger partial charge in [0.2, 0.25) is 0 Å². The van der Waals surface area contributed by atoms with Gasteiger partial charge in [-0.05, 0) is 19.3 Å². The number of carbonyl (C=O) groups is 2. The first-order valence-corrected chi connectivity index (χ1v) is 5.46.